The smallest absolute Gasteiger partial charge is 0.231 e. The molecule has 5 heteroatoms. The highest BCUT2D eigenvalue weighted by Gasteiger charge is 2.26. The highest BCUT2D eigenvalue weighted by Crippen LogP contribution is 2.38. The Hall–Kier alpha value is -2.66. The Bertz CT molecular complexity index is 933. The Balaban J connectivity index is 1.73. The molecule has 1 aliphatic heterocycles. The van der Waals surface area contributed by atoms with E-state index in [-0.39, 0.29) is 11.8 Å². The fraction of sp³-hybridized carbons (Fsp3) is 0.158. The minimum atomic E-state index is -0.118. The Morgan fingerprint density at radius 3 is 2.88 bits per heavy atom. The summed E-state index contributed by atoms with van der Waals surface area (Å²) >= 11 is 1.59. The summed E-state index contributed by atoms with van der Waals surface area (Å²) in [5.74, 6) is 0.748. The highest BCUT2D eigenvalue weighted by molar-refractivity contribution is 7.13. The molecule has 1 aliphatic rings. The molecule has 3 aromatic rings. The summed E-state index contributed by atoms with van der Waals surface area (Å²) < 4.78 is 5.42. The lowest BCUT2D eigenvalue weighted by Crippen LogP contribution is -2.08. The van der Waals surface area contributed by atoms with Crippen molar-refractivity contribution in [1.29, 1.82) is 0 Å². The van der Waals surface area contributed by atoms with Gasteiger partial charge in [0, 0.05) is 16.6 Å². The molecule has 1 atom stereocenters. The number of benzene rings is 2. The summed E-state index contributed by atoms with van der Waals surface area (Å²) in [6.45, 7) is 1.92. The highest BCUT2D eigenvalue weighted by atomic mass is 32.1. The second-order valence-corrected chi connectivity index (χ2v) is 6.61. The summed E-state index contributed by atoms with van der Waals surface area (Å²) in [4.78, 5) is 16.6. The van der Waals surface area contributed by atoms with Gasteiger partial charge in [-0.25, -0.2) is 4.98 Å². The number of para-hydroxylation sites is 1. The van der Waals surface area contributed by atoms with E-state index in [1.807, 2.05) is 48.7 Å². The fourth-order valence-electron chi connectivity index (χ4n) is 2.93. The minimum absolute atomic E-state index is 0.0511. The van der Waals surface area contributed by atoms with Crippen LogP contribution in [0.15, 0.2) is 47.8 Å². The fourth-order valence-corrected chi connectivity index (χ4v) is 3.79. The average Bonchev–Trinajstić information content (AvgIpc) is 3.20. The van der Waals surface area contributed by atoms with Crippen LogP contribution < -0.4 is 10.1 Å². The van der Waals surface area contributed by atoms with Crippen LogP contribution in [0.4, 0.5) is 5.69 Å². The van der Waals surface area contributed by atoms with Crippen LogP contribution in [0, 0.1) is 0 Å². The zero-order chi connectivity index (χ0) is 16.7. The van der Waals surface area contributed by atoms with Gasteiger partial charge in [-0.1, -0.05) is 18.2 Å². The number of hydrogen-bond acceptors (Lipinski definition) is 4. The molecule has 1 N–H and O–H groups in total. The molecule has 0 unspecified atom stereocenters. The molecule has 0 spiro atoms. The molecule has 120 valence electrons. The zero-order valence-electron chi connectivity index (χ0n) is 13.4. The maximum Gasteiger partial charge on any atom is 0.231 e. The molecule has 0 radical (unpaired) electrons. The van der Waals surface area contributed by atoms with Crippen LogP contribution in [0.1, 0.15) is 18.4 Å². The maximum atomic E-state index is 11.8. The third kappa shape index (κ3) is 2.37. The van der Waals surface area contributed by atoms with Crippen molar-refractivity contribution < 1.29 is 9.53 Å². The van der Waals surface area contributed by atoms with Gasteiger partial charge in [-0.15, -0.1) is 11.3 Å². The maximum absolute atomic E-state index is 11.8. The van der Waals surface area contributed by atoms with Crippen LogP contribution in [0.25, 0.3) is 21.8 Å². The number of amides is 1. The molecule has 1 amide bonds. The number of anilines is 1. The molecule has 0 saturated heterocycles. The van der Waals surface area contributed by atoms with Crippen LogP contribution in [-0.2, 0) is 4.79 Å². The van der Waals surface area contributed by atoms with E-state index in [4.69, 9.17) is 9.72 Å². The summed E-state index contributed by atoms with van der Waals surface area (Å²) in [7, 11) is 1.67. The molecular weight excluding hydrogens is 320 g/mol. The van der Waals surface area contributed by atoms with E-state index in [1.165, 1.54) is 0 Å². The summed E-state index contributed by atoms with van der Waals surface area (Å²) in [6, 6.07) is 13.9. The number of carbonyl (C=O) groups excluding carboxylic acids is 1. The van der Waals surface area contributed by atoms with Crippen LogP contribution in [0.2, 0.25) is 0 Å². The molecular formula is C19H16N2O2S. The second kappa shape index (κ2) is 5.76. The van der Waals surface area contributed by atoms with Crippen LogP contribution in [0.5, 0.6) is 5.75 Å². The predicted octanol–water partition coefficient (Wildman–Crippen LogP) is 4.54. The number of nitrogens with one attached hydrogen (secondary N) is 1. The van der Waals surface area contributed by atoms with Crippen molar-refractivity contribution in [3.63, 3.8) is 0 Å². The second-order valence-electron chi connectivity index (χ2n) is 5.75. The minimum Gasteiger partial charge on any atom is -0.496 e. The van der Waals surface area contributed by atoms with E-state index < -0.39 is 0 Å². The van der Waals surface area contributed by atoms with E-state index in [2.05, 4.69) is 11.4 Å². The molecule has 24 heavy (non-hydrogen) atoms. The monoisotopic (exact) mass is 336 g/mol. The van der Waals surface area contributed by atoms with E-state index in [9.17, 15) is 4.79 Å². The van der Waals surface area contributed by atoms with Gasteiger partial charge in [0.25, 0.3) is 0 Å². The quantitative estimate of drug-likeness (QED) is 0.764. The van der Waals surface area contributed by atoms with E-state index >= 15 is 0 Å². The van der Waals surface area contributed by atoms with Crippen molar-refractivity contribution in [2.24, 2.45) is 0 Å². The van der Waals surface area contributed by atoms with Gasteiger partial charge in [-0.05, 0) is 36.8 Å². The first-order valence-corrected chi connectivity index (χ1v) is 8.59. The van der Waals surface area contributed by atoms with Gasteiger partial charge in [0.05, 0.1) is 24.3 Å². The average molecular weight is 336 g/mol. The van der Waals surface area contributed by atoms with Gasteiger partial charge in [0.15, 0.2) is 0 Å². The zero-order valence-corrected chi connectivity index (χ0v) is 14.2. The van der Waals surface area contributed by atoms with Crippen molar-refractivity contribution >= 4 is 22.9 Å². The van der Waals surface area contributed by atoms with Crippen molar-refractivity contribution in [3.8, 4) is 27.6 Å². The molecule has 0 bridgehead atoms. The molecule has 1 aromatic heterocycles. The lowest BCUT2D eigenvalue weighted by molar-refractivity contribution is -0.116. The van der Waals surface area contributed by atoms with Gasteiger partial charge < -0.3 is 10.1 Å². The molecule has 4 rings (SSSR count). The summed E-state index contributed by atoms with van der Waals surface area (Å²) in [5, 5.41) is 5.86. The summed E-state index contributed by atoms with van der Waals surface area (Å²) in [6.07, 6.45) is 0. The Kier molecular flexibility index (Phi) is 3.58. The van der Waals surface area contributed by atoms with E-state index in [0.29, 0.717) is 0 Å². The lowest BCUT2D eigenvalue weighted by atomic mass is 9.99. The molecule has 2 aromatic carbocycles. The number of methoxy groups -OCH3 is 1. The number of aromatic nitrogens is 1. The van der Waals surface area contributed by atoms with Crippen molar-refractivity contribution in [1.82, 2.24) is 4.98 Å². The number of thiazole rings is 1. The molecule has 4 nitrogen and oxygen atoms in total. The number of fused-ring (bicyclic) bond motifs is 1. The van der Waals surface area contributed by atoms with Gasteiger partial charge in [0.2, 0.25) is 5.91 Å². The van der Waals surface area contributed by atoms with E-state index in [1.54, 1.807) is 18.4 Å². The van der Waals surface area contributed by atoms with Gasteiger partial charge in [0.1, 0.15) is 10.8 Å². The van der Waals surface area contributed by atoms with Gasteiger partial charge >= 0.3 is 0 Å². The Labute approximate surface area is 144 Å². The third-order valence-corrected chi connectivity index (χ3v) is 5.18. The molecule has 0 saturated carbocycles. The Morgan fingerprint density at radius 1 is 1.21 bits per heavy atom. The number of hydrogen-bond donors (Lipinski definition) is 1. The van der Waals surface area contributed by atoms with Crippen LogP contribution in [-0.4, -0.2) is 18.0 Å². The normalized spacial score (nSPS) is 15.9. The first-order valence-electron chi connectivity index (χ1n) is 7.71. The standard InChI is InChI=1S/C19H16N2O2S/c1-11-14-9-12(7-8-15(14)20-18(11)22)16-10-24-19(21-16)13-5-3-4-6-17(13)23-2/h3-11H,1-2H3,(H,20,22)/t11-/m1/s1. The molecule has 2 heterocycles. The largest absolute Gasteiger partial charge is 0.496 e. The third-order valence-electron chi connectivity index (χ3n) is 4.31. The lowest BCUT2D eigenvalue weighted by Gasteiger charge is -2.05. The van der Waals surface area contributed by atoms with E-state index in [0.717, 1.165) is 38.8 Å². The van der Waals surface area contributed by atoms with Gasteiger partial charge in [-0.3, -0.25) is 4.79 Å². The number of nitrogens with zero attached hydrogens (tertiary/aromatic N) is 1. The SMILES string of the molecule is COc1ccccc1-c1nc(-c2ccc3c(c2)[C@@H](C)C(=O)N3)cs1. The Morgan fingerprint density at radius 2 is 2.04 bits per heavy atom. The topological polar surface area (TPSA) is 51.2 Å². The van der Waals surface area contributed by atoms with Gasteiger partial charge in [-0.2, -0.15) is 0 Å². The first-order chi connectivity index (χ1) is 11.7. The van der Waals surface area contributed by atoms with Crippen molar-refractivity contribution in [2.75, 3.05) is 12.4 Å². The predicted molar refractivity (Wildman–Crippen MR) is 96.6 cm³/mol. The van der Waals surface area contributed by atoms with Crippen LogP contribution >= 0.6 is 11.3 Å². The number of ether oxygens (including phenoxy) is 1. The number of carbonyl (C=O) groups is 1. The summed E-state index contributed by atoms with van der Waals surface area (Å²) in [5.41, 5.74) is 4.85. The molecule has 0 aliphatic carbocycles. The van der Waals surface area contributed by atoms with Crippen LogP contribution in [0.3, 0.4) is 0 Å². The van der Waals surface area contributed by atoms with Crippen molar-refractivity contribution in [3.05, 3.63) is 53.4 Å². The van der Waals surface area contributed by atoms with Crippen molar-refractivity contribution in [2.45, 2.75) is 12.8 Å². The number of rotatable bonds is 3. The molecule has 0 fully saturated rings. The first kappa shape index (κ1) is 14.9.